The molecule has 0 unspecified atom stereocenters. The minimum absolute atomic E-state index is 0.110. The van der Waals surface area contributed by atoms with Crippen molar-refractivity contribution in [3.63, 3.8) is 0 Å². The van der Waals surface area contributed by atoms with Gasteiger partial charge in [0.05, 0.1) is 17.3 Å². The van der Waals surface area contributed by atoms with Gasteiger partial charge < -0.3 is 5.32 Å². The predicted molar refractivity (Wildman–Crippen MR) is 59.9 cm³/mol. The molecule has 0 fully saturated rings. The molecule has 0 saturated heterocycles. The molecule has 0 spiro atoms. The second kappa shape index (κ2) is 5.31. The van der Waals surface area contributed by atoms with Gasteiger partial charge in [-0.2, -0.15) is 10.4 Å². The highest BCUT2D eigenvalue weighted by atomic mass is 16.1. The molecule has 0 radical (unpaired) electrons. The first-order valence-corrected chi connectivity index (χ1v) is 5.23. The van der Waals surface area contributed by atoms with Crippen molar-refractivity contribution in [1.29, 1.82) is 5.26 Å². The summed E-state index contributed by atoms with van der Waals surface area (Å²) in [4.78, 5) is 11.8. The molecule has 1 amide bonds. The van der Waals surface area contributed by atoms with Crippen LogP contribution in [0.2, 0.25) is 0 Å². The van der Waals surface area contributed by atoms with Gasteiger partial charge in [-0.15, -0.1) is 0 Å². The Balaban J connectivity index is 2.63. The van der Waals surface area contributed by atoms with Crippen molar-refractivity contribution in [1.82, 2.24) is 15.1 Å². The van der Waals surface area contributed by atoms with Crippen molar-refractivity contribution in [2.45, 2.75) is 26.7 Å². The number of hydrogen-bond donors (Lipinski definition) is 1. The molecule has 0 aliphatic rings. The Kier molecular flexibility index (Phi) is 4.06. The summed E-state index contributed by atoms with van der Waals surface area (Å²) in [5.74, 6) is -0.110. The summed E-state index contributed by atoms with van der Waals surface area (Å²) in [6.07, 6.45) is 1.14. The maximum absolute atomic E-state index is 11.8. The molecule has 0 bridgehead atoms. The number of rotatable bonds is 4. The SMILES string of the molecule is Cc1nn(C)c(C)c1C(=O)NCCCC#N. The molecule has 86 valence electrons. The number of carbonyl (C=O) groups excluding carboxylic acids is 1. The molecule has 5 nitrogen and oxygen atoms in total. The van der Waals surface area contributed by atoms with E-state index < -0.39 is 0 Å². The summed E-state index contributed by atoms with van der Waals surface area (Å²) in [7, 11) is 1.81. The first-order chi connectivity index (χ1) is 7.57. The maximum atomic E-state index is 11.8. The summed E-state index contributed by atoms with van der Waals surface area (Å²) in [5.41, 5.74) is 2.23. The average Bonchev–Trinajstić information content (AvgIpc) is 2.48. The zero-order valence-electron chi connectivity index (χ0n) is 9.87. The first kappa shape index (κ1) is 12.2. The first-order valence-electron chi connectivity index (χ1n) is 5.23. The number of aromatic nitrogens is 2. The van der Waals surface area contributed by atoms with Crippen molar-refractivity contribution in [2.75, 3.05) is 6.54 Å². The van der Waals surface area contributed by atoms with Crippen molar-refractivity contribution in [3.05, 3.63) is 17.0 Å². The van der Waals surface area contributed by atoms with Crippen LogP contribution in [0.4, 0.5) is 0 Å². The number of nitrogens with zero attached hydrogens (tertiary/aromatic N) is 3. The van der Waals surface area contributed by atoms with Crippen LogP contribution in [0.1, 0.15) is 34.6 Å². The number of nitriles is 1. The lowest BCUT2D eigenvalue weighted by Gasteiger charge is -2.03. The van der Waals surface area contributed by atoms with E-state index in [-0.39, 0.29) is 5.91 Å². The lowest BCUT2D eigenvalue weighted by molar-refractivity contribution is 0.0952. The number of nitrogens with one attached hydrogen (secondary N) is 1. The van der Waals surface area contributed by atoms with Crippen LogP contribution in [-0.4, -0.2) is 22.2 Å². The van der Waals surface area contributed by atoms with Crippen LogP contribution in [0.25, 0.3) is 0 Å². The number of carbonyl (C=O) groups is 1. The maximum Gasteiger partial charge on any atom is 0.255 e. The molecule has 16 heavy (non-hydrogen) atoms. The Morgan fingerprint density at radius 1 is 1.56 bits per heavy atom. The van der Waals surface area contributed by atoms with Gasteiger partial charge in [-0.05, 0) is 20.3 Å². The molecular formula is C11H16N4O. The third-order valence-electron chi connectivity index (χ3n) is 2.49. The van der Waals surface area contributed by atoms with Crippen molar-refractivity contribution >= 4 is 5.91 Å². The molecule has 1 rings (SSSR count). The second-order valence-electron chi connectivity index (χ2n) is 3.69. The van der Waals surface area contributed by atoms with Gasteiger partial charge in [0.15, 0.2) is 0 Å². The van der Waals surface area contributed by atoms with Crippen LogP contribution in [0, 0.1) is 25.2 Å². The van der Waals surface area contributed by atoms with Gasteiger partial charge in [0.2, 0.25) is 0 Å². The van der Waals surface area contributed by atoms with Gasteiger partial charge in [0.25, 0.3) is 5.91 Å². The topological polar surface area (TPSA) is 70.7 Å². The Hall–Kier alpha value is -1.83. The lowest BCUT2D eigenvalue weighted by atomic mass is 10.2. The fourth-order valence-corrected chi connectivity index (χ4v) is 1.56. The van der Waals surface area contributed by atoms with Crippen molar-refractivity contribution in [2.24, 2.45) is 7.05 Å². The summed E-state index contributed by atoms with van der Waals surface area (Å²) >= 11 is 0. The van der Waals surface area contributed by atoms with Crippen molar-refractivity contribution < 1.29 is 4.79 Å². The molecule has 1 heterocycles. The number of hydrogen-bond acceptors (Lipinski definition) is 3. The molecular weight excluding hydrogens is 204 g/mol. The highest BCUT2D eigenvalue weighted by molar-refractivity contribution is 5.96. The summed E-state index contributed by atoms with van der Waals surface area (Å²) in [6, 6.07) is 2.04. The Morgan fingerprint density at radius 3 is 2.75 bits per heavy atom. The molecule has 0 saturated carbocycles. The quantitative estimate of drug-likeness (QED) is 0.771. The zero-order chi connectivity index (χ0) is 12.1. The van der Waals surface area contributed by atoms with Gasteiger partial charge in [-0.1, -0.05) is 0 Å². The molecule has 1 aromatic rings. The molecule has 5 heteroatoms. The van der Waals surface area contributed by atoms with Crippen LogP contribution < -0.4 is 5.32 Å². The minimum Gasteiger partial charge on any atom is -0.352 e. The smallest absolute Gasteiger partial charge is 0.255 e. The van der Waals surface area contributed by atoms with Crippen LogP contribution in [0.3, 0.4) is 0 Å². The normalized spacial score (nSPS) is 9.88. The van der Waals surface area contributed by atoms with E-state index in [0.717, 1.165) is 11.4 Å². The third kappa shape index (κ3) is 2.60. The summed E-state index contributed by atoms with van der Waals surface area (Å²) < 4.78 is 1.69. The third-order valence-corrected chi connectivity index (χ3v) is 2.49. The molecule has 1 aromatic heterocycles. The van der Waals surface area contributed by atoms with Crippen LogP contribution in [0.5, 0.6) is 0 Å². The molecule has 0 aliphatic carbocycles. The van der Waals surface area contributed by atoms with E-state index in [4.69, 9.17) is 5.26 Å². The van der Waals surface area contributed by atoms with E-state index >= 15 is 0 Å². The Morgan fingerprint density at radius 2 is 2.25 bits per heavy atom. The standard InChI is InChI=1S/C11H16N4O/c1-8-10(9(2)15(3)14-8)11(16)13-7-5-4-6-12/h4-5,7H2,1-3H3,(H,13,16). The minimum atomic E-state index is -0.110. The van der Waals surface area contributed by atoms with E-state index in [1.165, 1.54) is 0 Å². The lowest BCUT2D eigenvalue weighted by Crippen LogP contribution is -2.25. The molecule has 0 aliphatic heterocycles. The number of aryl methyl sites for hydroxylation is 2. The van der Waals surface area contributed by atoms with Crippen LogP contribution >= 0.6 is 0 Å². The Bertz CT molecular complexity index is 428. The fraction of sp³-hybridized carbons (Fsp3) is 0.545. The largest absolute Gasteiger partial charge is 0.352 e. The fourth-order valence-electron chi connectivity index (χ4n) is 1.56. The average molecular weight is 220 g/mol. The van der Waals surface area contributed by atoms with Gasteiger partial charge in [0, 0.05) is 25.7 Å². The second-order valence-corrected chi connectivity index (χ2v) is 3.69. The summed E-state index contributed by atoms with van der Waals surface area (Å²) in [6.45, 7) is 4.21. The Labute approximate surface area is 95.1 Å². The number of unbranched alkanes of at least 4 members (excludes halogenated alkanes) is 1. The summed E-state index contributed by atoms with van der Waals surface area (Å²) in [5, 5.41) is 15.3. The van der Waals surface area contributed by atoms with Gasteiger partial charge >= 0.3 is 0 Å². The highest BCUT2D eigenvalue weighted by Crippen LogP contribution is 2.11. The van der Waals surface area contributed by atoms with E-state index in [1.807, 2.05) is 27.0 Å². The molecule has 0 atom stereocenters. The molecule has 0 aromatic carbocycles. The van der Waals surface area contributed by atoms with E-state index in [1.54, 1.807) is 4.68 Å². The van der Waals surface area contributed by atoms with Gasteiger partial charge in [0.1, 0.15) is 0 Å². The van der Waals surface area contributed by atoms with Crippen molar-refractivity contribution in [3.8, 4) is 6.07 Å². The monoisotopic (exact) mass is 220 g/mol. The predicted octanol–water partition coefficient (Wildman–Crippen LogP) is 1.07. The van der Waals surface area contributed by atoms with E-state index in [0.29, 0.717) is 24.9 Å². The van der Waals surface area contributed by atoms with E-state index in [9.17, 15) is 4.79 Å². The van der Waals surface area contributed by atoms with Gasteiger partial charge in [-0.3, -0.25) is 9.48 Å². The number of amides is 1. The van der Waals surface area contributed by atoms with Crippen LogP contribution in [-0.2, 0) is 7.05 Å². The van der Waals surface area contributed by atoms with Gasteiger partial charge in [-0.25, -0.2) is 0 Å². The highest BCUT2D eigenvalue weighted by Gasteiger charge is 2.16. The zero-order valence-corrected chi connectivity index (χ0v) is 9.87. The van der Waals surface area contributed by atoms with Crippen LogP contribution in [0.15, 0.2) is 0 Å². The molecule has 1 N–H and O–H groups in total. The van der Waals surface area contributed by atoms with E-state index in [2.05, 4.69) is 10.4 Å².